The number of nitrogens with zero attached hydrogens (tertiary/aromatic N) is 2. The maximum absolute atomic E-state index is 12.3. The molecule has 0 fully saturated rings. The van der Waals surface area contributed by atoms with Crippen LogP contribution in [0.15, 0.2) is 53.4 Å². The summed E-state index contributed by atoms with van der Waals surface area (Å²) in [6.07, 6.45) is 0. The summed E-state index contributed by atoms with van der Waals surface area (Å²) in [5, 5.41) is 8.97. The molecule has 0 aliphatic heterocycles. The van der Waals surface area contributed by atoms with Crippen LogP contribution in [0.25, 0.3) is 0 Å². The third kappa shape index (κ3) is 4.89. The van der Waals surface area contributed by atoms with Gasteiger partial charge in [-0.25, -0.2) is 13.1 Å². The number of hydrogen-bond acceptors (Lipinski definition) is 4. The Morgan fingerprint density at radius 3 is 2.56 bits per heavy atom. The van der Waals surface area contributed by atoms with Crippen LogP contribution in [0.2, 0.25) is 0 Å². The van der Waals surface area contributed by atoms with Crippen molar-refractivity contribution in [2.24, 2.45) is 0 Å². The zero-order chi connectivity index (χ0) is 18.4. The fourth-order valence-corrected chi connectivity index (χ4v) is 3.49. The summed E-state index contributed by atoms with van der Waals surface area (Å²) in [5.74, 6) is -0.232. The highest BCUT2D eigenvalue weighted by atomic mass is 32.2. The van der Waals surface area contributed by atoms with E-state index in [4.69, 9.17) is 5.26 Å². The Balaban J connectivity index is 2.09. The molecular formula is C18H19N3O3S. The zero-order valence-corrected chi connectivity index (χ0v) is 14.9. The van der Waals surface area contributed by atoms with Crippen LogP contribution in [-0.2, 0) is 14.8 Å². The van der Waals surface area contributed by atoms with Crippen molar-refractivity contribution in [2.45, 2.75) is 18.7 Å². The van der Waals surface area contributed by atoms with E-state index in [1.165, 1.54) is 17.9 Å². The van der Waals surface area contributed by atoms with Crippen molar-refractivity contribution < 1.29 is 13.2 Å². The first-order valence-corrected chi connectivity index (χ1v) is 9.16. The SMILES string of the molecule is CC(=O)N(CCNS(=O)(=O)c1cccc(C)c1)c1cccc(C#N)c1. The summed E-state index contributed by atoms with van der Waals surface area (Å²) >= 11 is 0. The molecule has 0 heterocycles. The molecule has 1 N–H and O–H groups in total. The third-order valence-corrected chi connectivity index (χ3v) is 5.05. The number of anilines is 1. The van der Waals surface area contributed by atoms with Gasteiger partial charge in [-0.2, -0.15) is 5.26 Å². The highest BCUT2D eigenvalue weighted by Gasteiger charge is 2.16. The number of carbonyl (C=O) groups excluding carboxylic acids is 1. The van der Waals surface area contributed by atoms with Crippen molar-refractivity contribution in [1.82, 2.24) is 4.72 Å². The van der Waals surface area contributed by atoms with E-state index in [1.54, 1.807) is 36.4 Å². The van der Waals surface area contributed by atoms with Gasteiger partial charge in [0.05, 0.1) is 16.5 Å². The molecule has 25 heavy (non-hydrogen) atoms. The summed E-state index contributed by atoms with van der Waals surface area (Å²) in [7, 11) is -3.64. The average Bonchev–Trinajstić information content (AvgIpc) is 2.58. The van der Waals surface area contributed by atoms with Gasteiger partial charge >= 0.3 is 0 Å². The van der Waals surface area contributed by atoms with E-state index in [0.29, 0.717) is 11.3 Å². The van der Waals surface area contributed by atoms with E-state index in [1.807, 2.05) is 19.1 Å². The first-order valence-electron chi connectivity index (χ1n) is 7.68. The molecule has 0 radical (unpaired) electrons. The third-order valence-electron chi connectivity index (χ3n) is 3.59. The van der Waals surface area contributed by atoms with Gasteiger partial charge in [-0.3, -0.25) is 4.79 Å². The van der Waals surface area contributed by atoms with Gasteiger partial charge in [0.1, 0.15) is 0 Å². The molecule has 2 rings (SSSR count). The van der Waals surface area contributed by atoms with Crippen LogP contribution in [0.5, 0.6) is 0 Å². The number of benzene rings is 2. The van der Waals surface area contributed by atoms with E-state index >= 15 is 0 Å². The Hall–Kier alpha value is -2.69. The van der Waals surface area contributed by atoms with E-state index in [9.17, 15) is 13.2 Å². The van der Waals surface area contributed by atoms with Crippen LogP contribution in [0.3, 0.4) is 0 Å². The summed E-state index contributed by atoms with van der Waals surface area (Å²) in [6, 6.07) is 15.2. The number of sulfonamides is 1. The largest absolute Gasteiger partial charge is 0.311 e. The van der Waals surface area contributed by atoms with Crippen molar-refractivity contribution >= 4 is 21.6 Å². The topological polar surface area (TPSA) is 90.3 Å². The van der Waals surface area contributed by atoms with Gasteiger partial charge in [0.2, 0.25) is 15.9 Å². The number of nitriles is 1. The Bertz CT molecular complexity index is 917. The van der Waals surface area contributed by atoms with Gasteiger partial charge in [-0.15, -0.1) is 0 Å². The highest BCUT2D eigenvalue weighted by Crippen LogP contribution is 2.16. The zero-order valence-electron chi connectivity index (χ0n) is 14.1. The lowest BCUT2D eigenvalue weighted by Gasteiger charge is -2.21. The van der Waals surface area contributed by atoms with Gasteiger partial charge in [-0.1, -0.05) is 18.2 Å². The summed E-state index contributed by atoms with van der Waals surface area (Å²) < 4.78 is 27.1. The maximum atomic E-state index is 12.3. The van der Waals surface area contributed by atoms with Crippen LogP contribution in [0.1, 0.15) is 18.1 Å². The number of rotatable bonds is 6. The lowest BCUT2D eigenvalue weighted by atomic mass is 10.2. The Labute approximate surface area is 147 Å². The molecule has 0 spiro atoms. The second-order valence-electron chi connectivity index (χ2n) is 5.55. The monoisotopic (exact) mass is 357 g/mol. The lowest BCUT2D eigenvalue weighted by molar-refractivity contribution is -0.116. The molecule has 6 nitrogen and oxygen atoms in total. The lowest BCUT2D eigenvalue weighted by Crippen LogP contribution is -2.37. The molecule has 1 amide bonds. The molecule has 0 aromatic heterocycles. The van der Waals surface area contributed by atoms with Crippen LogP contribution in [0, 0.1) is 18.3 Å². The number of hydrogen-bond donors (Lipinski definition) is 1. The molecule has 0 aliphatic rings. The maximum Gasteiger partial charge on any atom is 0.240 e. The first kappa shape index (κ1) is 18.6. The van der Waals surface area contributed by atoms with Crippen molar-refractivity contribution in [3.05, 3.63) is 59.7 Å². The first-order chi connectivity index (χ1) is 11.8. The molecule has 0 saturated carbocycles. The van der Waals surface area contributed by atoms with Gasteiger partial charge in [0.25, 0.3) is 0 Å². The number of aryl methyl sites for hydroxylation is 1. The average molecular weight is 357 g/mol. The molecule has 2 aromatic rings. The Morgan fingerprint density at radius 1 is 1.20 bits per heavy atom. The van der Waals surface area contributed by atoms with Crippen molar-refractivity contribution in [1.29, 1.82) is 5.26 Å². The summed E-state index contributed by atoms with van der Waals surface area (Å²) in [6.45, 7) is 3.44. The number of nitrogens with one attached hydrogen (secondary N) is 1. The van der Waals surface area contributed by atoms with E-state index in [2.05, 4.69) is 4.72 Å². The fourth-order valence-electron chi connectivity index (χ4n) is 2.37. The van der Waals surface area contributed by atoms with Gasteiger partial charge in [-0.05, 0) is 42.8 Å². The van der Waals surface area contributed by atoms with Crippen molar-refractivity contribution in [2.75, 3.05) is 18.0 Å². The molecule has 2 aromatic carbocycles. The minimum absolute atomic E-state index is 0.0621. The minimum Gasteiger partial charge on any atom is -0.311 e. The fraction of sp³-hybridized carbons (Fsp3) is 0.222. The molecule has 0 aliphatic carbocycles. The molecule has 0 atom stereocenters. The highest BCUT2D eigenvalue weighted by molar-refractivity contribution is 7.89. The molecule has 0 unspecified atom stereocenters. The molecule has 130 valence electrons. The molecular weight excluding hydrogens is 338 g/mol. The van der Waals surface area contributed by atoms with E-state index in [0.717, 1.165) is 5.56 Å². The normalized spacial score (nSPS) is 10.9. The molecule has 7 heteroatoms. The van der Waals surface area contributed by atoms with Gasteiger partial charge < -0.3 is 4.90 Å². The van der Waals surface area contributed by atoms with Gasteiger partial charge in [0, 0.05) is 25.7 Å². The smallest absolute Gasteiger partial charge is 0.240 e. The number of amides is 1. The van der Waals surface area contributed by atoms with Crippen LogP contribution >= 0.6 is 0 Å². The van der Waals surface area contributed by atoms with Crippen LogP contribution < -0.4 is 9.62 Å². The Kier molecular flexibility index (Phi) is 5.91. The van der Waals surface area contributed by atoms with Gasteiger partial charge in [0.15, 0.2) is 0 Å². The standard InChI is InChI=1S/C18H19N3O3S/c1-14-5-3-8-18(11-14)25(23,24)20-9-10-21(15(2)22)17-7-4-6-16(12-17)13-19/h3-8,11-12,20H,9-10H2,1-2H3. The van der Waals surface area contributed by atoms with Crippen LogP contribution in [-0.4, -0.2) is 27.4 Å². The van der Waals surface area contributed by atoms with Crippen LogP contribution in [0.4, 0.5) is 5.69 Å². The minimum atomic E-state index is -3.64. The van der Waals surface area contributed by atoms with Crippen molar-refractivity contribution in [3.63, 3.8) is 0 Å². The Morgan fingerprint density at radius 2 is 1.92 bits per heavy atom. The predicted molar refractivity (Wildman–Crippen MR) is 95.6 cm³/mol. The second kappa shape index (κ2) is 7.92. The summed E-state index contributed by atoms with van der Waals surface area (Å²) in [4.78, 5) is 13.5. The van der Waals surface area contributed by atoms with E-state index in [-0.39, 0.29) is 23.9 Å². The quantitative estimate of drug-likeness (QED) is 0.858. The van der Waals surface area contributed by atoms with E-state index < -0.39 is 10.0 Å². The number of carbonyl (C=O) groups is 1. The summed E-state index contributed by atoms with van der Waals surface area (Å²) in [5.41, 5.74) is 1.84. The molecule has 0 bridgehead atoms. The molecule has 0 saturated heterocycles. The second-order valence-corrected chi connectivity index (χ2v) is 7.31. The predicted octanol–water partition coefficient (Wildman–Crippen LogP) is 2.20. The van der Waals surface area contributed by atoms with Crippen molar-refractivity contribution in [3.8, 4) is 6.07 Å².